The van der Waals surface area contributed by atoms with Gasteiger partial charge in [0.05, 0.1) is 6.10 Å². The lowest BCUT2D eigenvalue weighted by Gasteiger charge is -2.38. The second kappa shape index (κ2) is 11.4. The minimum absolute atomic E-state index is 0.0138. The first-order valence-electron chi connectivity index (χ1n) is 13.4. The molecule has 4 unspecified atom stereocenters. The number of carboxylic acids is 1. The fraction of sp³-hybridized carbons (Fsp3) is 0.375. The summed E-state index contributed by atoms with van der Waals surface area (Å²) in [7, 11) is 0. The Labute approximate surface area is 224 Å². The molecule has 2 aliphatic rings. The van der Waals surface area contributed by atoms with Gasteiger partial charge < -0.3 is 19.5 Å². The van der Waals surface area contributed by atoms with E-state index in [9.17, 15) is 14.7 Å². The highest BCUT2D eigenvalue weighted by molar-refractivity contribution is 5.88. The van der Waals surface area contributed by atoms with Crippen LogP contribution in [-0.4, -0.2) is 34.0 Å². The number of hydrogen-bond donors (Lipinski definition) is 1. The number of carbonyl (C=O) groups excluding carboxylic acids is 1. The molecule has 4 atom stereocenters. The molecule has 6 heteroatoms. The minimum atomic E-state index is -1.03. The Bertz CT molecular complexity index is 1280. The van der Waals surface area contributed by atoms with Crippen LogP contribution in [0.15, 0.2) is 72.8 Å². The van der Waals surface area contributed by atoms with Gasteiger partial charge in [0.25, 0.3) is 5.91 Å². The number of rotatable bonds is 8. The minimum Gasteiger partial charge on any atom is -0.488 e. The molecule has 1 N–H and O–H groups in total. The highest BCUT2D eigenvalue weighted by atomic mass is 16.5. The highest BCUT2D eigenvalue weighted by Gasteiger charge is 2.41. The van der Waals surface area contributed by atoms with Gasteiger partial charge in [-0.2, -0.15) is 0 Å². The van der Waals surface area contributed by atoms with Crippen molar-refractivity contribution in [3.05, 3.63) is 101 Å². The molecule has 3 aromatic rings. The molecule has 1 fully saturated rings. The molecule has 0 bridgehead atoms. The zero-order chi connectivity index (χ0) is 26.6. The number of hydrogen-bond acceptors (Lipinski definition) is 4. The Morgan fingerprint density at radius 1 is 1.00 bits per heavy atom. The van der Waals surface area contributed by atoms with Gasteiger partial charge >= 0.3 is 5.97 Å². The zero-order valence-corrected chi connectivity index (χ0v) is 22.0. The van der Waals surface area contributed by atoms with Crippen molar-refractivity contribution < 1.29 is 24.2 Å². The van der Waals surface area contributed by atoms with Crippen LogP contribution >= 0.6 is 0 Å². The molecule has 1 aliphatic heterocycles. The van der Waals surface area contributed by atoms with Crippen LogP contribution in [0.5, 0.6) is 5.75 Å². The monoisotopic (exact) mass is 513 g/mol. The lowest BCUT2D eigenvalue weighted by molar-refractivity contribution is -0.160. The van der Waals surface area contributed by atoms with E-state index in [1.54, 1.807) is 0 Å². The molecule has 1 amide bonds. The lowest BCUT2D eigenvalue weighted by atomic mass is 9.90. The summed E-state index contributed by atoms with van der Waals surface area (Å²) in [6, 6.07) is 22.3. The standard InChI is InChI=1S/C32H35NO5/c1-21-13-16-26(17-21)38-30(24-11-7-4-8-12-24)31(34)33-19-25-15-14-22(2)29(27(25)18-28(33)32(35)36)37-20-23-9-5-3-6-10-23/h3-12,14-15,21,26,28,30H,13,16-20H2,1-2H3,(H,35,36). The number of fused-ring (bicyclic) bond motifs is 1. The van der Waals surface area contributed by atoms with Crippen LogP contribution in [0.1, 0.15) is 60.1 Å². The number of nitrogens with zero attached hydrogens (tertiary/aromatic N) is 1. The molecule has 0 saturated heterocycles. The Morgan fingerprint density at radius 3 is 2.37 bits per heavy atom. The molecule has 1 saturated carbocycles. The third-order valence-electron chi connectivity index (χ3n) is 7.76. The van der Waals surface area contributed by atoms with E-state index in [0.717, 1.165) is 47.1 Å². The van der Waals surface area contributed by atoms with Crippen molar-refractivity contribution >= 4 is 11.9 Å². The molecule has 0 aromatic heterocycles. The van der Waals surface area contributed by atoms with E-state index in [1.807, 2.05) is 79.7 Å². The van der Waals surface area contributed by atoms with Gasteiger partial charge in [-0.1, -0.05) is 79.7 Å². The third-order valence-corrected chi connectivity index (χ3v) is 7.76. The van der Waals surface area contributed by atoms with Crippen LogP contribution in [0.4, 0.5) is 0 Å². The molecule has 198 valence electrons. The first-order chi connectivity index (χ1) is 18.4. The van der Waals surface area contributed by atoms with E-state index in [-0.39, 0.29) is 25.0 Å². The van der Waals surface area contributed by atoms with Gasteiger partial charge in [-0.3, -0.25) is 4.79 Å². The third kappa shape index (κ3) is 5.60. The summed E-state index contributed by atoms with van der Waals surface area (Å²) in [6.07, 6.45) is 2.22. The Balaban J connectivity index is 1.44. The molecule has 3 aromatic carbocycles. The molecule has 38 heavy (non-hydrogen) atoms. The van der Waals surface area contributed by atoms with E-state index in [4.69, 9.17) is 9.47 Å². The summed E-state index contributed by atoms with van der Waals surface area (Å²) in [5.74, 6) is -0.0693. The topological polar surface area (TPSA) is 76.1 Å². The van der Waals surface area contributed by atoms with Gasteiger partial charge in [-0.25, -0.2) is 4.79 Å². The van der Waals surface area contributed by atoms with E-state index < -0.39 is 18.1 Å². The van der Waals surface area contributed by atoms with Gasteiger partial charge in [-0.05, 0) is 54.4 Å². The maximum Gasteiger partial charge on any atom is 0.326 e. The number of benzene rings is 3. The Morgan fingerprint density at radius 2 is 1.71 bits per heavy atom. The quantitative estimate of drug-likeness (QED) is 0.408. The lowest BCUT2D eigenvalue weighted by Crippen LogP contribution is -2.50. The van der Waals surface area contributed by atoms with Crippen LogP contribution < -0.4 is 4.74 Å². The highest BCUT2D eigenvalue weighted by Crippen LogP contribution is 2.37. The number of aryl methyl sites for hydroxylation is 1. The summed E-state index contributed by atoms with van der Waals surface area (Å²) in [6.45, 7) is 4.75. The number of carboxylic acid groups (broad SMARTS) is 1. The van der Waals surface area contributed by atoms with Crippen LogP contribution in [-0.2, 0) is 33.9 Å². The molecular formula is C32H35NO5. The predicted octanol–water partition coefficient (Wildman–Crippen LogP) is 5.86. The Kier molecular flexibility index (Phi) is 7.79. The second-order valence-corrected chi connectivity index (χ2v) is 10.6. The average molecular weight is 514 g/mol. The van der Waals surface area contributed by atoms with Crippen molar-refractivity contribution in [2.24, 2.45) is 5.92 Å². The molecule has 5 rings (SSSR count). The second-order valence-electron chi connectivity index (χ2n) is 10.6. The van der Waals surface area contributed by atoms with Gasteiger partial charge in [0, 0.05) is 18.5 Å². The smallest absolute Gasteiger partial charge is 0.326 e. The molecule has 1 heterocycles. The first kappa shape index (κ1) is 26.0. The summed E-state index contributed by atoms with van der Waals surface area (Å²) in [5.41, 5.74) is 4.51. The van der Waals surface area contributed by atoms with Crippen LogP contribution in [0.2, 0.25) is 0 Å². The largest absolute Gasteiger partial charge is 0.488 e. The Hall–Kier alpha value is -3.64. The zero-order valence-electron chi connectivity index (χ0n) is 22.0. The van der Waals surface area contributed by atoms with Gasteiger partial charge in [-0.15, -0.1) is 0 Å². The maximum absolute atomic E-state index is 14.1. The van der Waals surface area contributed by atoms with Crippen LogP contribution in [0.25, 0.3) is 0 Å². The van der Waals surface area contributed by atoms with Gasteiger partial charge in [0.1, 0.15) is 18.4 Å². The van der Waals surface area contributed by atoms with Crippen molar-refractivity contribution in [3.63, 3.8) is 0 Å². The predicted molar refractivity (Wildman–Crippen MR) is 145 cm³/mol. The van der Waals surface area contributed by atoms with E-state index in [2.05, 4.69) is 6.92 Å². The van der Waals surface area contributed by atoms with Crippen molar-refractivity contribution in [2.45, 2.75) is 70.9 Å². The van der Waals surface area contributed by atoms with Crippen molar-refractivity contribution in [3.8, 4) is 5.75 Å². The molecule has 6 nitrogen and oxygen atoms in total. The van der Waals surface area contributed by atoms with Crippen molar-refractivity contribution in [1.29, 1.82) is 0 Å². The summed E-state index contributed by atoms with van der Waals surface area (Å²) in [4.78, 5) is 28.1. The summed E-state index contributed by atoms with van der Waals surface area (Å²) in [5, 5.41) is 10.2. The van der Waals surface area contributed by atoms with Gasteiger partial charge in [0.2, 0.25) is 0 Å². The number of aliphatic carboxylic acids is 1. The van der Waals surface area contributed by atoms with E-state index in [1.165, 1.54) is 4.90 Å². The van der Waals surface area contributed by atoms with Crippen LogP contribution in [0, 0.1) is 12.8 Å². The maximum atomic E-state index is 14.1. The van der Waals surface area contributed by atoms with E-state index in [0.29, 0.717) is 18.3 Å². The fourth-order valence-corrected chi connectivity index (χ4v) is 5.67. The number of carbonyl (C=O) groups is 2. The SMILES string of the molecule is Cc1ccc2c(c1OCc1ccccc1)CC(C(=O)O)N(C(=O)C(OC1CCC(C)C1)c1ccccc1)C2. The van der Waals surface area contributed by atoms with E-state index >= 15 is 0 Å². The molecule has 1 aliphatic carbocycles. The van der Waals surface area contributed by atoms with Crippen molar-refractivity contribution in [2.75, 3.05) is 0 Å². The number of amides is 1. The van der Waals surface area contributed by atoms with Crippen molar-refractivity contribution in [1.82, 2.24) is 4.90 Å². The summed E-state index contributed by atoms with van der Waals surface area (Å²) >= 11 is 0. The molecular weight excluding hydrogens is 478 g/mol. The summed E-state index contributed by atoms with van der Waals surface area (Å²) < 4.78 is 12.7. The number of ether oxygens (including phenoxy) is 2. The van der Waals surface area contributed by atoms with Gasteiger partial charge in [0.15, 0.2) is 6.10 Å². The fourth-order valence-electron chi connectivity index (χ4n) is 5.67. The normalized spacial score (nSPS) is 21.5. The average Bonchev–Trinajstić information content (AvgIpc) is 3.35. The molecule has 0 spiro atoms. The molecule has 0 radical (unpaired) electrons. The first-order valence-corrected chi connectivity index (χ1v) is 13.4. The van der Waals surface area contributed by atoms with Crippen LogP contribution in [0.3, 0.4) is 0 Å².